The first-order valence-corrected chi connectivity index (χ1v) is 4.83. The lowest BCUT2D eigenvalue weighted by Crippen LogP contribution is -2.38. The van der Waals surface area contributed by atoms with Gasteiger partial charge in [-0.05, 0) is 12.0 Å². The molecule has 1 aliphatic heterocycles. The fraction of sp³-hybridized carbons (Fsp3) is 0.300. The zero-order chi connectivity index (χ0) is 11.9. The van der Waals surface area contributed by atoms with E-state index in [1.165, 1.54) is 17.7 Å². The zero-order valence-corrected chi connectivity index (χ0v) is 8.74. The van der Waals surface area contributed by atoms with Crippen molar-refractivity contribution in [3.63, 3.8) is 0 Å². The molecule has 0 spiro atoms. The molecule has 2 rings (SSSR count). The van der Waals surface area contributed by atoms with Crippen LogP contribution in [0.4, 0.5) is 0 Å². The van der Waals surface area contributed by atoms with Crippen LogP contribution in [0.1, 0.15) is 26.4 Å². The second-order valence-electron chi connectivity index (χ2n) is 3.65. The van der Waals surface area contributed by atoms with Gasteiger partial charge in [-0.25, -0.2) is 0 Å². The van der Waals surface area contributed by atoms with Crippen molar-refractivity contribution in [2.45, 2.75) is 6.42 Å². The smallest absolute Gasteiger partial charge is 0.265 e. The maximum atomic E-state index is 11.5. The van der Waals surface area contributed by atoms with Gasteiger partial charge in [0.15, 0.2) is 0 Å². The van der Waals surface area contributed by atoms with E-state index in [1.54, 1.807) is 0 Å². The Labute approximate surface area is 91.1 Å². The van der Waals surface area contributed by atoms with Gasteiger partial charge in [-0.3, -0.25) is 14.4 Å². The molecule has 0 saturated heterocycles. The van der Waals surface area contributed by atoms with Gasteiger partial charge in [-0.2, -0.15) is 0 Å². The molecule has 1 aliphatic rings. The first kappa shape index (κ1) is 10.4. The van der Waals surface area contributed by atoms with E-state index in [0.717, 1.165) is 0 Å². The molecule has 0 aliphatic carbocycles. The molecule has 3 N–H and O–H groups in total. The summed E-state index contributed by atoms with van der Waals surface area (Å²) in [5.74, 6) is -1.02. The van der Waals surface area contributed by atoms with Crippen LogP contribution in [0, 0.1) is 0 Å². The van der Waals surface area contributed by atoms with Crippen LogP contribution in [0.5, 0.6) is 0 Å². The minimum absolute atomic E-state index is 0.123. The van der Waals surface area contributed by atoms with Crippen molar-refractivity contribution in [3.8, 4) is 0 Å². The third kappa shape index (κ3) is 1.39. The summed E-state index contributed by atoms with van der Waals surface area (Å²) >= 11 is 0. The van der Waals surface area contributed by atoms with Gasteiger partial charge in [0.25, 0.3) is 17.4 Å². The van der Waals surface area contributed by atoms with E-state index in [1.807, 2.05) is 0 Å². The van der Waals surface area contributed by atoms with E-state index in [-0.39, 0.29) is 17.2 Å². The van der Waals surface area contributed by atoms with Crippen LogP contribution < -0.4 is 16.6 Å². The van der Waals surface area contributed by atoms with Gasteiger partial charge in [0.1, 0.15) is 5.69 Å². The van der Waals surface area contributed by atoms with Crippen molar-refractivity contribution in [3.05, 3.63) is 33.2 Å². The van der Waals surface area contributed by atoms with Gasteiger partial charge in [-0.1, -0.05) is 0 Å². The van der Waals surface area contributed by atoms with Crippen LogP contribution in [0.3, 0.4) is 0 Å². The predicted octanol–water partition coefficient (Wildman–Crippen LogP) is -1.23. The van der Waals surface area contributed by atoms with E-state index in [9.17, 15) is 14.4 Å². The lowest BCUT2D eigenvalue weighted by atomic mass is 9.98. The molecule has 2 heterocycles. The number of carbonyl (C=O) groups excluding carboxylic acids is 2. The Hall–Kier alpha value is -2.11. The number of amides is 2. The molecule has 6 nitrogen and oxygen atoms in total. The first-order valence-electron chi connectivity index (χ1n) is 4.83. The summed E-state index contributed by atoms with van der Waals surface area (Å²) < 4.78 is 1.18. The predicted molar refractivity (Wildman–Crippen MR) is 56.2 cm³/mol. The minimum Gasteiger partial charge on any atom is -0.364 e. The Balaban J connectivity index is 2.82. The molecule has 0 atom stereocenters. The van der Waals surface area contributed by atoms with Crippen molar-refractivity contribution < 1.29 is 9.59 Å². The Kier molecular flexibility index (Phi) is 2.26. The second kappa shape index (κ2) is 3.48. The lowest BCUT2D eigenvalue weighted by molar-refractivity contribution is 0.0945. The molecule has 0 radical (unpaired) electrons. The Morgan fingerprint density at radius 1 is 1.50 bits per heavy atom. The number of hydrogen-bond acceptors (Lipinski definition) is 3. The number of aromatic nitrogens is 1. The Bertz CT molecular complexity index is 545. The fourth-order valence-electron chi connectivity index (χ4n) is 1.91. The SMILES string of the molecule is Cn1c(C(N)=O)c2c(cc1=O)C(=O)NCC2. The lowest BCUT2D eigenvalue weighted by Gasteiger charge is -2.19. The molecule has 2 amide bonds. The van der Waals surface area contributed by atoms with Gasteiger partial charge in [0.2, 0.25) is 0 Å². The van der Waals surface area contributed by atoms with Crippen LogP contribution in [-0.4, -0.2) is 22.9 Å². The topological polar surface area (TPSA) is 94.2 Å². The van der Waals surface area contributed by atoms with Crippen LogP contribution in [-0.2, 0) is 13.5 Å². The molecule has 0 saturated carbocycles. The molecule has 0 aromatic carbocycles. The van der Waals surface area contributed by atoms with Crippen LogP contribution in [0.15, 0.2) is 10.9 Å². The third-order valence-corrected chi connectivity index (χ3v) is 2.68. The van der Waals surface area contributed by atoms with Gasteiger partial charge in [-0.15, -0.1) is 0 Å². The number of nitrogens with zero attached hydrogens (tertiary/aromatic N) is 1. The normalized spacial score (nSPS) is 14.2. The highest BCUT2D eigenvalue weighted by molar-refractivity contribution is 6.01. The van der Waals surface area contributed by atoms with Gasteiger partial charge < -0.3 is 15.6 Å². The summed E-state index contributed by atoms with van der Waals surface area (Å²) in [5.41, 5.74) is 5.74. The average Bonchev–Trinajstić information content (AvgIpc) is 2.21. The van der Waals surface area contributed by atoms with Crippen LogP contribution in [0.2, 0.25) is 0 Å². The minimum atomic E-state index is -0.689. The monoisotopic (exact) mass is 221 g/mol. The first-order chi connectivity index (χ1) is 7.52. The number of fused-ring (bicyclic) bond motifs is 1. The van der Waals surface area contributed by atoms with Gasteiger partial charge in [0, 0.05) is 19.7 Å². The van der Waals surface area contributed by atoms with Crippen LogP contribution in [0.25, 0.3) is 0 Å². The number of hydrogen-bond donors (Lipinski definition) is 2. The van der Waals surface area contributed by atoms with Crippen molar-refractivity contribution in [2.75, 3.05) is 6.54 Å². The van der Waals surface area contributed by atoms with E-state index in [2.05, 4.69) is 5.32 Å². The van der Waals surface area contributed by atoms with E-state index >= 15 is 0 Å². The summed E-state index contributed by atoms with van der Waals surface area (Å²) in [5, 5.41) is 2.61. The fourth-order valence-corrected chi connectivity index (χ4v) is 1.91. The molecule has 84 valence electrons. The molecular weight excluding hydrogens is 210 g/mol. The van der Waals surface area contributed by atoms with E-state index in [0.29, 0.717) is 18.5 Å². The summed E-state index contributed by atoms with van der Waals surface area (Å²) in [7, 11) is 1.47. The summed E-state index contributed by atoms with van der Waals surface area (Å²) in [6, 6.07) is 1.23. The van der Waals surface area contributed by atoms with Gasteiger partial charge in [0.05, 0.1) is 5.56 Å². The zero-order valence-electron chi connectivity index (χ0n) is 8.74. The van der Waals surface area contributed by atoms with E-state index < -0.39 is 11.5 Å². The highest BCUT2D eigenvalue weighted by Crippen LogP contribution is 2.15. The highest BCUT2D eigenvalue weighted by atomic mass is 16.2. The molecule has 16 heavy (non-hydrogen) atoms. The molecule has 1 aromatic rings. The maximum Gasteiger partial charge on any atom is 0.265 e. The number of carbonyl (C=O) groups is 2. The van der Waals surface area contributed by atoms with E-state index in [4.69, 9.17) is 5.73 Å². The molecule has 0 bridgehead atoms. The summed E-state index contributed by atoms with van der Waals surface area (Å²) in [6.07, 6.45) is 0.507. The molecule has 0 fully saturated rings. The Morgan fingerprint density at radius 3 is 2.81 bits per heavy atom. The number of nitrogens with one attached hydrogen (secondary N) is 1. The number of pyridine rings is 1. The molecule has 1 aromatic heterocycles. The third-order valence-electron chi connectivity index (χ3n) is 2.68. The average molecular weight is 221 g/mol. The summed E-state index contributed by atoms with van der Waals surface area (Å²) in [4.78, 5) is 34.3. The molecule has 0 unspecified atom stereocenters. The number of rotatable bonds is 1. The van der Waals surface area contributed by atoms with Crippen LogP contribution >= 0.6 is 0 Å². The highest BCUT2D eigenvalue weighted by Gasteiger charge is 2.24. The molecular formula is C10H11N3O3. The largest absolute Gasteiger partial charge is 0.364 e. The molecule has 6 heteroatoms. The standard InChI is InChI=1S/C10H11N3O3/c1-13-7(14)4-6-5(8(13)9(11)15)2-3-12-10(6)16/h4H,2-3H2,1H3,(H2,11,15)(H,12,16). The maximum absolute atomic E-state index is 11.5. The van der Waals surface area contributed by atoms with Crippen molar-refractivity contribution in [1.82, 2.24) is 9.88 Å². The quantitative estimate of drug-likeness (QED) is 0.621. The van der Waals surface area contributed by atoms with Crippen molar-refractivity contribution >= 4 is 11.8 Å². The number of nitrogens with two attached hydrogens (primary N) is 1. The van der Waals surface area contributed by atoms with Gasteiger partial charge >= 0.3 is 0 Å². The van der Waals surface area contributed by atoms with Crippen molar-refractivity contribution in [1.29, 1.82) is 0 Å². The Morgan fingerprint density at radius 2 is 2.19 bits per heavy atom. The number of primary amides is 1. The summed E-state index contributed by atoms with van der Waals surface area (Å²) in [6.45, 7) is 0.449. The second-order valence-corrected chi connectivity index (χ2v) is 3.65. The van der Waals surface area contributed by atoms with Crippen molar-refractivity contribution in [2.24, 2.45) is 12.8 Å².